The van der Waals surface area contributed by atoms with E-state index in [2.05, 4.69) is 19.8 Å². The number of carbonyl (C=O) groups excluding carboxylic acids is 1. The highest BCUT2D eigenvalue weighted by Gasteiger charge is 2.23. The molecular weight excluding hydrogens is 228 g/mol. The fraction of sp³-hybridized carbons (Fsp3) is 0.667. The molecule has 0 bridgehead atoms. The highest BCUT2D eigenvalue weighted by atomic mass is 32.1. The Balaban J connectivity index is 1.92. The van der Waals surface area contributed by atoms with Crippen molar-refractivity contribution in [2.24, 2.45) is 0 Å². The number of nitrogens with zero attached hydrogens (tertiary/aromatic N) is 4. The quantitative estimate of drug-likeness (QED) is 0.726. The van der Waals surface area contributed by atoms with Crippen LogP contribution in [0.1, 0.15) is 5.01 Å². The van der Waals surface area contributed by atoms with E-state index in [1.807, 2.05) is 6.92 Å². The first-order valence-electron chi connectivity index (χ1n) is 5.08. The van der Waals surface area contributed by atoms with E-state index >= 15 is 0 Å². The largest absolute Gasteiger partial charge is 0.453 e. The Labute approximate surface area is 97.8 Å². The molecule has 2 rings (SSSR count). The van der Waals surface area contributed by atoms with E-state index in [1.54, 1.807) is 16.2 Å². The van der Waals surface area contributed by atoms with Crippen molar-refractivity contribution in [3.05, 3.63) is 5.01 Å². The van der Waals surface area contributed by atoms with Gasteiger partial charge in [-0.2, -0.15) is 0 Å². The molecule has 0 aliphatic carbocycles. The first-order chi connectivity index (χ1) is 7.70. The van der Waals surface area contributed by atoms with Crippen molar-refractivity contribution in [3.8, 4) is 0 Å². The van der Waals surface area contributed by atoms with Gasteiger partial charge in [0.15, 0.2) is 0 Å². The average molecular weight is 242 g/mol. The second kappa shape index (κ2) is 4.65. The zero-order chi connectivity index (χ0) is 11.5. The van der Waals surface area contributed by atoms with Gasteiger partial charge in [-0.05, 0) is 6.92 Å². The topological polar surface area (TPSA) is 58.6 Å². The molecule has 1 aliphatic rings. The third-order valence-electron chi connectivity index (χ3n) is 2.50. The first-order valence-corrected chi connectivity index (χ1v) is 5.90. The summed E-state index contributed by atoms with van der Waals surface area (Å²) < 4.78 is 4.68. The lowest BCUT2D eigenvalue weighted by Gasteiger charge is -2.33. The van der Waals surface area contributed by atoms with Gasteiger partial charge in [-0.3, -0.25) is 0 Å². The predicted octanol–water partition coefficient (Wildman–Crippen LogP) is 0.735. The lowest BCUT2D eigenvalue weighted by Crippen LogP contribution is -2.48. The lowest BCUT2D eigenvalue weighted by molar-refractivity contribution is 0.121. The van der Waals surface area contributed by atoms with E-state index in [-0.39, 0.29) is 6.09 Å². The molecule has 6 nitrogen and oxygen atoms in total. The summed E-state index contributed by atoms with van der Waals surface area (Å²) in [5.41, 5.74) is 0. The van der Waals surface area contributed by atoms with Crippen LogP contribution >= 0.6 is 11.3 Å². The van der Waals surface area contributed by atoms with E-state index in [0.29, 0.717) is 13.1 Å². The number of hydrogen-bond donors (Lipinski definition) is 0. The molecule has 0 spiro atoms. The highest BCUT2D eigenvalue weighted by molar-refractivity contribution is 7.15. The SMILES string of the molecule is COC(=O)N1CCN(c2nnc(C)s2)CC1. The summed E-state index contributed by atoms with van der Waals surface area (Å²) in [6.45, 7) is 4.84. The second-order valence-electron chi connectivity index (χ2n) is 3.55. The average Bonchev–Trinajstić information content (AvgIpc) is 2.75. The minimum absolute atomic E-state index is 0.256. The number of aryl methyl sites for hydroxylation is 1. The minimum atomic E-state index is -0.256. The monoisotopic (exact) mass is 242 g/mol. The fourth-order valence-corrected chi connectivity index (χ4v) is 2.36. The maximum atomic E-state index is 11.3. The summed E-state index contributed by atoms with van der Waals surface area (Å²) in [6.07, 6.45) is -0.256. The summed E-state index contributed by atoms with van der Waals surface area (Å²) in [4.78, 5) is 15.1. The molecule has 0 atom stereocenters. The molecule has 1 aliphatic heterocycles. The molecule has 0 radical (unpaired) electrons. The number of anilines is 1. The lowest BCUT2D eigenvalue weighted by atomic mass is 10.3. The van der Waals surface area contributed by atoms with Gasteiger partial charge in [0.25, 0.3) is 0 Å². The summed E-state index contributed by atoms with van der Waals surface area (Å²) in [5.74, 6) is 0. The summed E-state index contributed by atoms with van der Waals surface area (Å²) >= 11 is 1.58. The molecule has 0 N–H and O–H groups in total. The number of piperazine rings is 1. The Morgan fingerprint density at radius 1 is 1.31 bits per heavy atom. The van der Waals surface area contributed by atoms with Crippen LogP contribution in [0.2, 0.25) is 0 Å². The molecule has 2 heterocycles. The van der Waals surface area contributed by atoms with Crippen molar-refractivity contribution >= 4 is 22.6 Å². The van der Waals surface area contributed by atoms with Gasteiger partial charge in [0, 0.05) is 26.2 Å². The predicted molar refractivity (Wildman–Crippen MR) is 60.8 cm³/mol. The molecule has 1 aromatic rings. The van der Waals surface area contributed by atoms with Gasteiger partial charge in [-0.1, -0.05) is 11.3 Å². The number of rotatable bonds is 1. The van der Waals surface area contributed by atoms with E-state index < -0.39 is 0 Å². The standard InChI is InChI=1S/C9H14N4O2S/c1-7-10-11-8(16-7)12-3-5-13(6-4-12)9(14)15-2/h3-6H2,1-2H3. The van der Waals surface area contributed by atoms with Gasteiger partial charge in [0.2, 0.25) is 5.13 Å². The molecule has 16 heavy (non-hydrogen) atoms. The number of ether oxygens (including phenoxy) is 1. The molecule has 1 aromatic heterocycles. The number of aromatic nitrogens is 2. The van der Waals surface area contributed by atoms with Gasteiger partial charge in [0.1, 0.15) is 5.01 Å². The van der Waals surface area contributed by atoms with Crippen molar-refractivity contribution < 1.29 is 9.53 Å². The smallest absolute Gasteiger partial charge is 0.409 e. The molecule has 0 aromatic carbocycles. The zero-order valence-corrected chi connectivity index (χ0v) is 10.2. The molecule has 1 saturated heterocycles. The zero-order valence-electron chi connectivity index (χ0n) is 9.34. The molecule has 0 unspecified atom stereocenters. The van der Waals surface area contributed by atoms with E-state index in [4.69, 9.17) is 0 Å². The molecular formula is C9H14N4O2S. The van der Waals surface area contributed by atoms with Crippen LogP contribution in [0.15, 0.2) is 0 Å². The Morgan fingerprint density at radius 2 is 2.00 bits per heavy atom. The van der Waals surface area contributed by atoms with Crippen LogP contribution in [0.4, 0.5) is 9.93 Å². The van der Waals surface area contributed by atoms with Crippen molar-refractivity contribution in [1.29, 1.82) is 0 Å². The van der Waals surface area contributed by atoms with Gasteiger partial charge in [0.05, 0.1) is 7.11 Å². The van der Waals surface area contributed by atoms with E-state index in [9.17, 15) is 4.79 Å². The maximum absolute atomic E-state index is 11.3. The summed E-state index contributed by atoms with van der Waals surface area (Å²) in [7, 11) is 1.41. The van der Waals surface area contributed by atoms with Crippen LogP contribution in [-0.2, 0) is 4.74 Å². The minimum Gasteiger partial charge on any atom is -0.453 e. The van der Waals surface area contributed by atoms with Gasteiger partial charge < -0.3 is 14.5 Å². The Hall–Kier alpha value is -1.37. The number of amides is 1. The Morgan fingerprint density at radius 3 is 2.50 bits per heavy atom. The van der Waals surface area contributed by atoms with Crippen LogP contribution in [-0.4, -0.2) is 54.5 Å². The van der Waals surface area contributed by atoms with Crippen molar-refractivity contribution in [1.82, 2.24) is 15.1 Å². The third-order valence-corrected chi connectivity index (χ3v) is 3.40. The molecule has 1 fully saturated rings. The van der Waals surface area contributed by atoms with Gasteiger partial charge >= 0.3 is 6.09 Å². The highest BCUT2D eigenvalue weighted by Crippen LogP contribution is 2.20. The van der Waals surface area contributed by atoms with Crippen molar-refractivity contribution in [3.63, 3.8) is 0 Å². The van der Waals surface area contributed by atoms with Gasteiger partial charge in [-0.15, -0.1) is 10.2 Å². The Kier molecular flexibility index (Phi) is 3.23. The second-order valence-corrected chi connectivity index (χ2v) is 4.71. The number of methoxy groups -OCH3 is 1. The number of hydrogen-bond acceptors (Lipinski definition) is 6. The van der Waals surface area contributed by atoms with Crippen LogP contribution in [0.5, 0.6) is 0 Å². The van der Waals surface area contributed by atoms with Crippen LogP contribution < -0.4 is 4.90 Å². The van der Waals surface area contributed by atoms with E-state index in [0.717, 1.165) is 23.2 Å². The van der Waals surface area contributed by atoms with Crippen LogP contribution in [0.3, 0.4) is 0 Å². The summed E-state index contributed by atoms with van der Waals surface area (Å²) in [5, 5.41) is 9.97. The first kappa shape index (κ1) is 11.1. The fourth-order valence-electron chi connectivity index (χ4n) is 1.62. The van der Waals surface area contributed by atoms with Crippen molar-refractivity contribution in [2.75, 3.05) is 38.2 Å². The van der Waals surface area contributed by atoms with E-state index in [1.165, 1.54) is 7.11 Å². The van der Waals surface area contributed by atoms with Crippen molar-refractivity contribution in [2.45, 2.75) is 6.92 Å². The Bertz CT molecular complexity index is 373. The molecule has 88 valence electrons. The molecule has 1 amide bonds. The van der Waals surface area contributed by atoms with Crippen LogP contribution in [0, 0.1) is 6.92 Å². The maximum Gasteiger partial charge on any atom is 0.409 e. The van der Waals surface area contributed by atoms with Gasteiger partial charge in [-0.25, -0.2) is 4.79 Å². The summed E-state index contributed by atoms with van der Waals surface area (Å²) in [6, 6.07) is 0. The normalized spacial score (nSPS) is 16.4. The molecule has 0 saturated carbocycles. The number of carbonyl (C=O) groups is 1. The molecule has 7 heteroatoms. The third kappa shape index (κ3) is 2.24. The van der Waals surface area contributed by atoms with Crippen LogP contribution in [0.25, 0.3) is 0 Å².